The van der Waals surface area contributed by atoms with Crippen molar-refractivity contribution in [1.82, 2.24) is 5.32 Å². The van der Waals surface area contributed by atoms with Gasteiger partial charge in [-0.15, -0.1) is 0 Å². The summed E-state index contributed by atoms with van der Waals surface area (Å²) in [6, 6.07) is 9.20. The predicted molar refractivity (Wildman–Crippen MR) is 88.5 cm³/mol. The van der Waals surface area contributed by atoms with E-state index in [0.29, 0.717) is 0 Å². The number of nitrogens with one attached hydrogen (secondary N) is 1. The largest absolute Gasteiger partial charge is 0.459 e. The van der Waals surface area contributed by atoms with E-state index in [1.54, 1.807) is 0 Å². The number of benzene rings is 1. The van der Waals surface area contributed by atoms with Gasteiger partial charge in [-0.25, -0.2) is 4.79 Å². The van der Waals surface area contributed by atoms with Gasteiger partial charge < -0.3 is 15.2 Å². The van der Waals surface area contributed by atoms with Crippen LogP contribution < -0.4 is 5.32 Å². The zero-order chi connectivity index (χ0) is 17.7. The molecular formula is C18H27NO4. The van der Waals surface area contributed by atoms with E-state index < -0.39 is 17.5 Å². The molecule has 5 nitrogen and oxygen atoms in total. The van der Waals surface area contributed by atoms with Crippen molar-refractivity contribution in [2.24, 2.45) is 10.8 Å². The first-order valence-corrected chi connectivity index (χ1v) is 7.72. The van der Waals surface area contributed by atoms with Gasteiger partial charge in [0.15, 0.2) is 6.10 Å². The summed E-state index contributed by atoms with van der Waals surface area (Å²) in [4.78, 5) is 24.0. The van der Waals surface area contributed by atoms with Gasteiger partial charge in [-0.05, 0) is 11.0 Å². The van der Waals surface area contributed by atoms with Crippen molar-refractivity contribution in [2.45, 2.75) is 47.3 Å². The third kappa shape index (κ3) is 5.36. The number of rotatable bonds is 6. The number of aliphatic hydroxyl groups is 1. The van der Waals surface area contributed by atoms with E-state index in [9.17, 15) is 14.7 Å². The summed E-state index contributed by atoms with van der Waals surface area (Å²) in [6.45, 7) is 9.51. The molecule has 0 saturated carbocycles. The smallest absolute Gasteiger partial charge is 0.337 e. The number of ether oxygens (including phenoxy) is 1. The van der Waals surface area contributed by atoms with Crippen LogP contribution in [0.15, 0.2) is 30.3 Å². The van der Waals surface area contributed by atoms with Crippen LogP contribution in [-0.2, 0) is 20.9 Å². The molecule has 23 heavy (non-hydrogen) atoms. The van der Waals surface area contributed by atoms with E-state index in [1.165, 1.54) is 0 Å². The molecule has 0 heterocycles. The molecule has 0 unspecified atom stereocenters. The van der Waals surface area contributed by atoms with Crippen molar-refractivity contribution in [1.29, 1.82) is 0 Å². The molecule has 1 rings (SSSR count). The molecule has 2 N–H and O–H groups in total. The molecule has 0 aliphatic heterocycles. The zero-order valence-electron chi connectivity index (χ0n) is 14.6. The Labute approximate surface area is 138 Å². The molecule has 0 radical (unpaired) electrons. The summed E-state index contributed by atoms with van der Waals surface area (Å²) in [5, 5.41) is 12.4. The van der Waals surface area contributed by atoms with Crippen molar-refractivity contribution in [3.8, 4) is 0 Å². The normalized spacial score (nSPS) is 13.3. The van der Waals surface area contributed by atoms with Gasteiger partial charge in [-0.1, -0.05) is 65.0 Å². The summed E-state index contributed by atoms with van der Waals surface area (Å²) >= 11 is 0. The zero-order valence-corrected chi connectivity index (χ0v) is 14.6. The minimum absolute atomic E-state index is 0.0954. The Morgan fingerprint density at radius 2 is 1.70 bits per heavy atom. The first kappa shape index (κ1) is 19.2. The number of hydrogen-bond donors (Lipinski definition) is 2. The molecule has 0 saturated heterocycles. The molecule has 0 aromatic heterocycles. The van der Waals surface area contributed by atoms with E-state index in [1.807, 2.05) is 65.0 Å². The summed E-state index contributed by atoms with van der Waals surface area (Å²) < 4.78 is 5.03. The average Bonchev–Trinajstić information content (AvgIpc) is 2.49. The second kappa shape index (κ2) is 7.59. The lowest BCUT2D eigenvalue weighted by Crippen LogP contribution is -2.48. The summed E-state index contributed by atoms with van der Waals surface area (Å²) in [5.74, 6) is -0.956. The lowest BCUT2D eigenvalue weighted by molar-refractivity contribution is -0.155. The minimum atomic E-state index is -1.38. The lowest BCUT2D eigenvalue weighted by atomic mass is 9.69. The van der Waals surface area contributed by atoms with Crippen LogP contribution in [0.2, 0.25) is 0 Å². The fourth-order valence-electron chi connectivity index (χ4n) is 1.66. The molecule has 0 aliphatic carbocycles. The van der Waals surface area contributed by atoms with E-state index in [0.717, 1.165) is 5.56 Å². The Balaban J connectivity index is 2.45. The van der Waals surface area contributed by atoms with Crippen LogP contribution in [0.25, 0.3) is 0 Å². The topological polar surface area (TPSA) is 75.6 Å². The highest BCUT2D eigenvalue weighted by molar-refractivity contribution is 5.83. The fourth-order valence-corrected chi connectivity index (χ4v) is 1.66. The maximum absolute atomic E-state index is 12.2. The predicted octanol–water partition coefficient (Wildman–Crippen LogP) is 2.28. The van der Waals surface area contributed by atoms with Gasteiger partial charge in [0.05, 0.1) is 6.54 Å². The van der Waals surface area contributed by atoms with Crippen molar-refractivity contribution >= 4 is 11.9 Å². The number of carbonyl (C=O) groups is 2. The number of amides is 1. The molecule has 1 atom stereocenters. The highest BCUT2D eigenvalue weighted by Crippen LogP contribution is 2.37. The first-order valence-electron chi connectivity index (χ1n) is 7.72. The summed E-state index contributed by atoms with van der Waals surface area (Å²) in [5.41, 5.74) is -0.0257. The highest BCUT2D eigenvalue weighted by atomic mass is 16.5. The lowest BCUT2D eigenvalue weighted by Gasteiger charge is -2.37. The molecule has 0 fully saturated rings. The molecule has 1 aromatic carbocycles. The van der Waals surface area contributed by atoms with Gasteiger partial charge in [0.25, 0.3) is 0 Å². The van der Waals surface area contributed by atoms with Crippen LogP contribution in [0.3, 0.4) is 0 Å². The molecule has 5 heteroatoms. The van der Waals surface area contributed by atoms with Crippen LogP contribution in [0, 0.1) is 10.8 Å². The van der Waals surface area contributed by atoms with Crippen molar-refractivity contribution in [2.75, 3.05) is 6.54 Å². The average molecular weight is 321 g/mol. The van der Waals surface area contributed by atoms with Gasteiger partial charge in [0.2, 0.25) is 5.91 Å². The van der Waals surface area contributed by atoms with Crippen LogP contribution in [-0.4, -0.2) is 29.6 Å². The van der Waals surface area contributed by atoms with E-state index in [2.05, 4.69) is 5.32 Å². The molecule has 0 spiro atoms. The van der Waals surface area contributed by atoms with E-state index in [-0.39, 0.29) is 24.5 Å². The van der Waals surface area contributed by atoms with E-state index >= 15 is 0 Å². The number of aliphatic hydroxyl groups excluding tert-OH is 1. The molecular weight excluding hydrogens is 294 g/mol. The van der Waals surface area contributed by atoms with Gasteiger partial charge in [-0.2, -0.15) is 0 Å². The molecule has 1 aromatic rings. The van der Waals surface area contributed by atoms with Crippen molar-refractivity contribution in [3.63, 3.8) is 0 Å². The molecule has 0 aliphatic rings. The number of hydrogen-bond acceptors (Lipinski definition) is 4. The Kier molecular flexibility index (Phi) is 6.33. The van der Waals surface area contributed by atoms with Crippen LogP contribution in [0.1, 0.15) is 40.2 Å². The van der Waals surface area contributed by atoms with Gasteiger partial charge in [0.1, 0.15) is 6.61 Å². The van der Waals surface area contributed by atoms with Crippen LogP contribution in [0.4, 0.5) is 0 Å². The van der Waals surface area contributed by atoms with E-state index in [4.69, 9.17) is 4.74 Å². The maximum Gasteiger partial charge on any atom is 0.337 e. The van der Waals surface area contributed by atoms with Gasteiger partial charge in [-0.3, -0.25) is 4.79 Å². The summed E-state index contributed by atoms with van der Waals surface area (Å²) in [6.07, 6.45) is -1.38. The Bertz CT molecular complexity index is 532. The number of esters is 1. The highest BCUT2D eigenvalue weighted by Gasteiger charge is 2.39. The Hall–Kier alpha value is -1.88. The summed E-state index contributed by atoms with van der Waals surface area (Å²) in [7, 11) is 0. The molecule has 128 valence electrons. The van der Waals surface area contributed by atoms with Crippen molar-refractivity contribution < 1.29 is 19.4 Å². The minimum Gasteiger partial charge on any atom is -0.459 e. The Morgan fingerprint density at radius 1 is 1.13 bits per heavy atom. The maximum atomic E-state index is 12.2. The molecule has 1 amide bonds. The standard InChI is InChI=1S/C18H27NO4/c1-17(2,3)18(4,5)16(22)19-11-14(20)15(21)23-12-13-9-7-6-8-10-13/h6-10,14,20H,11-12H2,1-5H3,(H,19,22)/t14-/m1/s1. The molecule has 0 bridgehead atoms. The SMILES string of the molecule is CC(C)(C)C(C)(C)C(=O)NC[C@@H](O)C(=O)OCc1ccccc1. The van der Waals surface area contributed by atoms with Gasteiger partial charge in [0, 0.05) is 5.41 Å². The monoisotopic (exact) mass is 321 g/mol. The quantitative estimate of drug-likeness (QED) is 0.788. The fraction of sp³-hybridized carbons (Fsp3) is 0.556. The second-order valence-electron chi connectivity index (χ2n) is 7.19. The second-order valence-corrected chi connectivity index (χ2v) is 7.19. The van der Waals surface area contributed by atoms with Crippen LogP contribution >= 0.6 is 0 Å². The first-order chi connectivity index (χ1) is 10.6. The third-order valence-electron chi connectivity index (χ3n) is 4.39. The Morgan fingerprint density at radius 3 is 2.22 bits per heavy atom. The third-order valence-corrected chi connectivity index (χ3v) is 4.39. The number of carbonyl (C=O) groups excluding carboxylic acids is 2. The van der Waals surface area contributed by atoms with Gasteiger partial charge >= 0.3 is 5.97 Å². The van der Waals surface area contributed by atoms with Crippen molar-refractivity contribution in [3.05, 3.63) is 35.9 Å². The van der Waals surface area contributed by atoms with Crippen LogP contribution in [0.5, 0.6) is 0 Å².